The summed E-state index contributed by atoms with van der Waals surface area (Å²) in [5.74, 6) is 0.283. The lowest BCUT2D eigenvalue weighted by Crippen LogP contribution is -2.19. The number of esters is 1. The van der Waals surface area contributed by atoms with Crippen molar-refractivity contribution in [3.63, 3.8) is 0 Å². The highest BCUT2D eigenvalue weighted by molar-refractivity contribution is 5.89. The molecule has 12 heavy (non-hydrogen) atoms. The molecule has 0 unspecified atom stereocenters. The molecule has 0 saturated heterocycles. The van der Waals surface area contributed by atoms with Crippen molar-refractivity contribution in [1.29, 1.82) is 0 Å². The van der Waals surface area contributed by atoms with Crippen molar-refractivity contribution in [3.8, 4) is 0 Å². The molecule has 3 heteroatoms. The van der Waals surface area contributed by atoms with Gasteiger partial charge in [-0.3, -0.25) is 0 Å². The zero-order valence-corrected chi connectivity index (χ0v) is 7.59. The summed E-state index contributed by atoms with van der Waals surface area (Å²) in [6.07, 6.45) is 2.66. The lowest BCUT2D eigenvalue weighted by molar-refractivity contribution is -0.136. The molecule has 0 saturated carbocycles. The fourth-order valence-corrected chi connectivity index (χ4v) is 1.47. The standard InChI is InChI=1S/C9H15NO2/c1-6-3-4-8(10)7(5-6)9(11)12-2/h6H,3-5,10H2,1-2H3/t6-/m0/s1. The summed E-state index contributed by atoms with van der Waals surface area (Å²) in [6.45, 7) is 2.12. The van der Waals surface area contributed by atoms with Crippen LogP contribution in [-0.2, 0) is 9.53 Å². The van der Waals surface area contributed by atoms with E-state index in [4.69, 9.17) is 5.73 Å². The Hall–Kier alpha value is -0.990. The van der Waals surface area contributed by atoms with Gasteiger partial charge >= 0.3 is 5.97 Å². The van der Waals surface area contributed by atoms with E-state index in [1.807, 2.05) is 0 Å². The van der Waals surface area contributed by atoms with Gasteiger partial charge in [-0.2, -0.15) is 0 Å². The Morgan fingerprint density at radius 1 is 1.67 bits per heavy atom. The first kappa shape index (κ1) is 9.10. The molecule has 1 atom stereocenters. The van der Waals surface area contributed by atoms with Crippen LogP contribution in [0.25, 0.3) is 0 Å². The lowest BCUT2D eigenvalue weighted by Gasteiger charge is -2.20. The summed E-state index contributed by atoms with van der Waals surface area (Å²) in [5.41, 5.74) is 7.08. The van der Waals surface area contributed by atoms with Gasteiger partial charge in [0.25, 0.3) is 0 Å². The number of methoxy groups -OCH3 is 1. The Kier molecular flexibility index (Phi) is 2.74. The minimum absolute atomic E-state index is 0.265. The van der Waals surface area contributed by atoms with E-state index in [0.717, 1.165) is 19.3 Å². The Morgan fingerprint density at radius 2 is 2.33 bits per heavy atom. The van der Waals surface area contributed by atoms with Crippen LogP contribution in [0, 0.1) is 5.92 Å². The zero-order chi connectivity index (χ0) is 9.14. The molecule has 2 N–H and O–H groups in total. The summed E-state index contributed by atoms with van der Waals surface area (Å²) in [6, 6.07) is 0. The number of nitrogens with two attached hydrogens (primary N) is 1. The average molecular weight is 169 g/mol. The maximum absolute atomic E-state index is 11.2. The van der Waals surface area contributed by atoms with E-state index < -0.39 is 0 Å². The van der Waals surface area contributed by atoms with E-state index in [1.165, 1.54) is 7.11 Å². The fraction of sp³-hybridized carbons (Fsp3) is 0.667. The van der Waals surface area contributed by atoms with Gasteiger partial charge in [0.05, 0.1) is 12.7 Å². The van der Waals surface area contributed by atoms with E-state index in [-0.39, 0.29) is 5.97 Å². The third-order valence-electron chi connectivity index (χ3n) is 2.28. The van der Waals surface area contributed by atoms with Crippen molar-refractivity contribution >= 4 is 5.97 Å². The molecule has 1 aliphatic rings. The second-order valence-corrected chi connectivity index (χ2v) is 3.34. The van der Waals surface area contributed by atoms with E-state index in [1.54, 1.807) is 0 Å². The van der Waals surface area contributed by atoms with Gasteiger partial charge in [0.2, 0.25) is 0 Å². The van der Waals surface area contributed by atoms with Crippen LogP contribution in [0.15, 0.2) is 11.3 Å². The molecule has 0 bridgehead atoms. The molecule has 0 aliphatic heterocycles. The van der Waals surface area contributed by atoms with Gasteiger partial charge in [0.1, 0.15) is 0 Å². The summed E-state index contributed by atoms with van der Waals surface area (Å²) in [5, 5.41) is 0. The van der Waals surface area contributed by atoms with E-state index in [9.17, 15) is 4.79 Å². The molecular formula is C9H15NO2. The average Bonchev–Trinajstić information content (AvgIpc) is 2.08. The predicted octanol–water partition coefficient (Wildman–Crippen LogP) is 1.19. The van der Waals surface area contributed by atoms with Crippen LogP contribution >= 0.6 is 0 Å². The zero-order valence-electron chi connectivity index (χ0n) is 7.59. The highest BCUT2D eigenvalue weighted by Gasteiger charge is 2.21. The molecule has 0 spiro atoms. The summed E-state index contributed by atoms with van der Waals surface area (Å²) < 4.78 is 4.63. The monoisotopic (exact) mass is 169 g/mol. The first-order valence-electron chi connectivity index (χ1n) is 4.21. The van der Waals surface area contributed by atoms with Gasteiger partial charge in [0, 0.05) is 5.70 Å². The number of carbonyl (C=O) groups is 1. The maximum Gasteiger partial charge on any atom is 0.335 e. The van der Waals surface area contributed by atoms with E-state index >= 15 is 0 Å². The highest BCUT2D eigenvalue weighted by Crippen LogP contribution is 2.26. The van der Waals surface area contributed by atoms with Crippen molar-refractivity contribution < 1.29 is 9.53 Å². The molecule has 0 amide bonds. The van der Waals surface area contributed by atoms with Crippen LogP contribution in [-0.4, -0.2) is 13.1 Å². The van der Waals surface area contributed by atoms with Gasteiger partial charge < -0.3 is 10.5 Å². The molecular weight excluding hydrogens is 154 g/mol. The molecule has 1 rings (SSSR count). The second-order valence-electron chi connectivity index (χ2n) is 3.34. The molecule has 3 nitrogen and oxygen atoms in total. The van der Waals surface area contributed by atoms with Crippen molar-refractivity contribution in [1.82, 2.24) is 0 Å². The van der Waals surface area contributed by atoms with Gasteiger partial charge in [-0.1, -0.05) is 6.92 Å². The first-order chi connectivity index (χ1) is 5.65. The molecule has 68 valence electrons. The summed E-state index contributed by atoms with van der Waals surface area (Å²) in [4.78, 5) is 11.2. The van der Waals surface area contributed by atoms with Crippen LogP contribution in [0.5, 0.6) is 0 Å². The lowest BCUT2D eigenvalue weighted by atomic mass is 9.88. The number of rotatable bonds is 1. The number of hydrogen-bond donors (Lipinski definition) is 1. The topological polar surface area (TPSA) is 52.3 Å². The highest BCUT2D eigenvalue weighted by atomic mass is 16.5. The third kappa shape index (κ3) is 1.78. The van der Waals surface area contributed by atoms with Gasteiger partial charge in [-0.15, -0.1) is 0 Å². The normalized spacial score (nSPS) is 24.0. The minimum Gasteiger partial charge on any atom is -0.466 e. The third-order valence-corrected chi connectivity index (χ3v) is 2.28. The van der Waals surface area contributed by atoms with Crippen LogP contribution < -0.4 is 5.73 Å². The molecule has 0 radical (unpaired) electrons. The Labute approximate surface area is 72.6 Å². The molecule has 0 aromatic heterocycles. The Bertz CT molecular complexity index is 221. The fourth-order valence-electron chi connectivity index (χ4n) is 1.47. The quantitative estimate of drug-likeness (QED) is 0.600. The van der Waals surface area contributed by atoms with Crippen molar-refractivity contribution in [2.75, 3.05) is 7.11 Å². The molecule has 1 aliphatic carbocycles. The van der Waals surface area contributed by atoms with E-state index in [2.05, 4.69) is 11.7 Å². The molecule has 0 heterocycles. The first-order valence-corrected chi connectivity index (χ1v) is 4.21. The van der Waals surface area contributed by atoms with Gasteiger partial charge in [-0.05, 0) is 25.2 Å². The molecule has 0 aromatic rings. The molecule has 0 fully saturated rings. The van der Waals surface area contributed by atoms with Crippen LogP contribution in [0.2, 0.25) is 0 Å². The van der Waals surface area contributed by atoms with Crippen LogP contribution in [0.3, 0.4) is 0 Å². The minimum atomic E-state index is -0.265. The number of carbonyl (C=O) groups excluding carboxylic acids is 1. The number of ether oxygens (including phenoxy) is 1. The maximum atomic E-state index is 11.2. The number of allylic oxidation sites excluding steroid dienone is 1. The van der Waals surface area contributed by atoms with Crippen LogP contribution in [0.1, 0.15) is 26.2 Å². The predicted molar refractivity (Wildman–Crippen MR) is 46.2 cm³/mol. The van der Waals surface area contributed by atoms with Gasteiger partial charge in [-0.25, -0.2) is 4.79 Å². The molecule has 0 aromatic carbocycles. The smallest absolute Gasteiger partial charge is 0.335 e. The second kappa shape index (κ2) is 3.61. The largest absolute Gasteiger partial charge is 0.466 e. The van der Waals surface area contributed by atoms with Crippen LogP contribution in [0.4, 0.5) is 0 Å². The number of hydrogen-bond acceptors (Lipinski definition) is 3. The Morgan fingerprint density at radius 3 is 2.92 bits per heavy atom. The van der Waals surface area contributed by atoms with E-state index in [0.29, 0.717) is 17.2 Å². The Balaban J connectivity index is 2.77. The summed E-state index contributed by atoms with van der Waals surface area (Å²) in [7, 11) is 1.39. The SMILES string of the molecule is COC(=O)C1=C(N)CC[C@H](C)C1. The van der Waals surface area contributed by atoms with Crippen molar-refractivity contribution in [2.45, 2.75) is 26.2 Å². The van der Waals surface area contributed by atoms with Crippen molar-refractivity contribution in [2.24, 2.45) is 11.7 Å². The van der Waals surface area contributed by atoms with Crippen molar-refractivity contribution in [3.05, 3.63) is 11.3 Å². The van der Waals surface area contributed by atoms with Gasteiger partial charge in [0.15, 0.2) is 0 Å². The summed E-state index contributed by atoms with van der Waals surface area (Å²) >= 11 is 0.